The highest BCUT2D eigenvalue weighted by Crippen LogP contribution is 2.78. The molecule has 1 amide bonds. The number of nitrogens with zero attached hydrogens (tertiary/aromatic N) is 1. The lowest BCUT2D eigenvalue weighted by Gasteiger charge is -2.62. The van der Waals surface area contributed by atoms with Gasteiger partial charge < -0.3 is 50.4 Å². The van der Waals surface area contributed by atoms with Crippen molar-refractivity contribution in [2.75, 3.05) is 6.54 Å². The van der Waals surface area contributed by atoms with Crippen molar-refractivity contribution in [2.45, 2.75) is 139 Å². The van der Waals surface area contributed by atoms with Gasteiger partial charge in [0.05, 0.1) is 17.3 Å². The number of aliphatic imine (C=N–C) groups is 1. The first-order valence-corrected chi connectivity index (χ1v) is 19.0. The van der Waals surface area contributed by atoms with Crippen LogP contribution in [0.15, 0.2) is 32.6 Å². The van der Waals surface area contributed by atoms with Gasteiger partial charge in [-0.05, 0) is 87.7 Å². The van der Waals surface area contributed by atoms with Crippen molar-refractivity contribution >= 4 is 36.1 Å². The lowest BCUT2D eigenvalue weighted by atomic mass is 9.42. The molecule has 1 saturated heterocycles. The van der Waals surface area contributed by atoms with E-state index in [1.807, 2.05) is 0 Å². The lowest BCUT2D eigenvalue weighted by molar-refractivity contribution is -0.223. The molecule has 16 heteroatoms. The Bertz CT molecular complexity index is 1710. The van der Waals surface area contributed by atoms with Crippen molar-refractivity contribution < 1.29 is 52.8 Å². The van der Waals surface area contributed by atoms with E-state index in [-0.39, 0.29) is 55.9 Å². The van der Waals surface area contributed by atoms with Gasteiger partial charge >= 0.3 is 23.5 Å². The van der Waals surface area contributed by atoms with Gasteiger partial charge in [-0.2, -0.15) is 0 Å². The number of nitrogens with one attached hydrogen (secondary N) is 1. The second kappa shape index (κ2) is 15.1. The number of carboxylic acids is 1. The highest BCUT2D eigenvalue weighted by Gasteiger charge is 2.85. The Morgan fingerprint density at radius 3 is 2.46 bits per heavy atom. The number of carbonyl (C=O) groups is 5. The highest BCUT2D eigenvalue weighted by molar-refractivity contribution is 5.83. The van der Waals surface area contributed by atoms with Gasteiger partial charge in [-0.1, -0.05) is 6.92 Å². The molecule has 1 aliphatic heterocycles. The summed E-state index contributed by atoms with van der Waals surface area (Å²) in [5.74, 6) is -3.21. The molecule has 7 N–H and O–H groups in total. The first-order chi connectivity index (χ1) is 25.6. The maximum atomic E-state index is 13.2. The molecule has 11 atom stereocenters. The number of rotatable bonds is 15. The summed E-state index contributed by atoms with van der Waals surface area (Å²) in [6.45, 7) is 3.73. The summed E-state index contributed by atoms with van der Waals surface area (Å²) in [5, 5.41) is 24.2. The van der Waals surface area contributed by atoms with Gasteiger partial charge in [0.1, 0.15) is 36.2 Å². The summed E-state index contributed by atoms with van der Waals surface area (Å²) in [7, 11) is 0. The van der Waals surface area contributed by atoms with Crippen LogP contribution in [0.2, 0.25) is 0 Å². The van der Waals surface area contributed by atoms with E-state index in [1.165, 1.54) is 19.3 Å². The minimum atomic E-state index is -1.40. The molecular formula is C38H52N4O12. The number of guanidine groups is 1. The molecule has 16 nitrogen and oxygen atoms in total. The summed E-state index contributed by atoms with van der Waals surface area (Å²) >= 11 is 0. The number of epoxide rings is 1. The number of amides is 1. The third-order valence-electron chi connectivity index (χ3n) is 13.3. The first-order valence-electron chi connectivity index (χ1n) is 19.0. The van der Waals surface area contributed by atoms with Crippen molar-refractivity contribution in [1.82, 2.24) is 5.32 Å². The normalized spacial score (nSPS) is 36.5. The average molecular weight is 757 g/mol. The van der Waals surface area contributed by atoms with Crippen LogP contribution in [0, 0.1) is 22.7 Å². The number of hydrogen-bond donors (Lipinski definition) is 5. The molecule has 1 spiro atoms. The number of ether oxygens (including phenoxy) is 3. The zero-order valence-corrected chi connectivity index (χ0v) is 30.8. The summed E-state index contributed by atoms with van der Waals surface area (Å²) in [5.41, 5.74) is 7.15. The number of carbonyl (C=O) groups excluding carboxylic acids is 4. The van der Waals surface area contributed by atoms with Crippen molar-refractivity contribution in [3.63, 3.8) is 0 Å². The number of aldehydes is 1. The molecule has 54 heavy (non-hydrogen) atoms. The molecular weight excluding hydrogens is 704 g/mol. The van der Waals surface area contributed by atoms with Crippen LogP contribution in [-0.2, 0) is 38.2 Å². The number of carboxylic acid groups (broad SMARTS) is 1. The van der Waals surface area contributed by atoms with E-state index in [0.717, 1.165) is 11.8 Å². The highest BCUT2D eigenvalue weighted by atomic mass is 16.7. The maximum absolute atomic E-state index is 13.2. The molecule has 1 aromatic rings. The van der Waals surface area contributed by atoms with E-state index >= 15 is 0 Å². The van der Waals surface area contributed by atoms with E-state index < -0.39 is 75.8 Å². The van der Waals surface area contributed by atoms with Gasteiger partial charge in [0, 0.05) is 50.1 Å². The molecule has 5 aliphatic rings. The molecule has 6 rings (SSSR count). The Kier molecular flexibility index (Phi) is 11.0. The van der Waals surface area contributed by atoms with Gasteiger partial charge in [0.15, 0.2) is 5.96 Å². The van der Waals surface area contributed by atoms with Crippen LogP contribution in [0.5, 0.6) is 0 Å². The van der Waals surface area contributed by atoms with Crippen LogP contribution in [0.25, 0.3) is 0 Å². The Balaban J connectivity index is 1.05. The second-order valence-corrected chi connectivity index (χ2v) is 16.1. The number of aliphatic carboxylic acids is 1. The lowest BCUT2D eigenvalue weighted by Crippen LogP contribution is -2.67. The van der Waals surface area contributed by atoms with Crippen LogP contribution >= 0.6 is 0 Å². The van der Waals surface area contributed by atoms with E-state index in [2.05, 4.69) is 17.2 Å². The van der Waals surface area contributed by atoms with Gasteiger partial charge in [-0.3, -0.25) is 19.4 Å². The Labute approximate surface area is 312 Å². The van der Waals surface area contributed by atoms with Crippen molar-refractivity contribution in [1.29, 1.82) is 0 Å². The van der Waals surface area contributed by atoms with Gasteiger partial charge in [0.25, 0.3) is 0 Å². The Morgan fingerprint density at radius 2 is 1.80 bits per heavy atom. The van der Waals surface area contributed by atoms with Gasteiger partial charge in [-0.25, -0.2) is 9.59 Å². The SMILES string of the molecule is CC(=O)O[C@H]1[C@H]2O[C@]23[C@@H]2CC[C@]4(O)C[C@@H](OC(=O)CCCCC(=O)N[C@@H](CCCN=C(N)N)C(=O)O)CC[C@]4(C=O)[C@H]2CC[C@]3(C)[C@H]1c1ccc(=O)oc1. The first kappa shape index (κ1) is 39.4. The zero-order valence-electron chi connectivity index (χ0n) is 30.8. The molecule has 296 valence electrons. The van der Waals surface area contributed by atoms with Crippen molar-refractivity contribution in [2.24, 2.45) is 39.1 Å². The molecule has 2 heterocycles. The molecule has 0 radical (unpaired) electrons. The third kappa shape index (κ3) is 6.91. The summed E-state index contributed by atoms with van der Waals surface area (Å²) in [6.07, 6.45) is 5.04. The Morgan fingerprint density at radius 1 is 1.06 bits per heavy atom. The van der Waals surface area contributed by atoms with E-state index in [4.69, 9.17) is 30.1 Å². The predicted octanol–water partition coefficient (Wildman–Crippen LogP) is 1.83. The van der Waals surface area contributed by atoms with Crippen LogP contribution < -0.4 is 22.4 Å². The molecule has 5 fully saturated rings. The quantitative estimate of drug-likeness (QED) is 0.0427. The van der Waals surface area contributed by atoms with E-state index in [0.29, 0.717) is 57.8 Å². The maximum Gasteiger partial charge on any atom is 0.335 e. The van der Waals surface area contributed by atoms with Crippen LogP contribution in [0.4, 0.5) is 0 Å². The van der Waals surface area contributed by atoms with Crippen LogP contribution in [0.3, 0.4) is 0 Å². The zero-order chi connectivity index (χ0) is 39.1. The number of fused-ring (bicyclic) bond motifs is 3. The third-order valence-corrected chi connectivity index (χ3v) is 13.3. The number of nitrogens with two attached hydrogens (primary N) is 2. The largest absolute Gasteiger partial charge is 0.480 e. The minimum absolute atomic E-state index is 0.0355. The van der Waals surface area contributed by atoms with E-state index in [9.17, 15) is 39.0 Å². The Hall–Kier alpha value is -4.31. The fourth-order valence-corrected chi connectivity index (χ4v) is 11.0. The number of hydrogen-bond acceptors (Lipinski definition) is 12. The van der Waals surface area contributed by atoms with Crippen molar-refractivity contribution in [3.05, 3.63) is 34.4 Å². The topological polar surface area (TPSA) is 263 Å². The molecule has 0 unspecified atom stereocenters. The fourth-order valence-electron chi connectivity index (χ4n) is 11.0. The van der Waals surface area contributed by atoms with Crippen LogP contribution in [-0.4, -0.2) is 88.4 Å². The van der Waals surface area contributed by atoms with Gasteiger partial charge in [0.2, 0.25) is 5.91 Å². The predicted molar refractivity (Wildman–Crippen MR) is 190 cm³/mol. The fraction of sp³-hybridized carbons (Fsp3) is 0.711. The minimum Gasteiger partial charge on any atom is -0.480 e. The summed E-state index contributed by atoms with van der Waals surface area (Å²) < 4.78 is 23.6. The summed E-state index contributed by atoms with van der Waals surface area (Å²) in [4.78, 5) is 78.0. The molecule has 4 saturated carbocycles. The summed E-state index contributed by atoms with van der Waals surface area (Å²) in [6, 6.07) is 2.00. The van der Waals surface area contributed by atoms with E-state index in [1.54, 1.807) is 6.07 Å². The molecule has 1 aromatic heterocycles. The van der Waals surface area contributed by atoms with Crippen molar-refractivity contribution in [3.8, 4) is 0 Å². The van der Waals surface area contributed by atoms with Crippen LogP contribution in [0.1, 0.15) is 109 Å². The number of unbranched alkanes of at least 4 members (excludes halogenated alkanes) is 1. The second-order valence-electron chi connectivity index (χ2n) is 16.1. The standard InChI is InChI=1S/C38H52N4O12/c1-21(44)52-31-30(22-9-10-28(46)51-19-22)35(2)14-12-24-25(38(35)32(31)54-38)13-16-37(50)18-23(11-15-36(24,37)20-43)53-29(47)8-4-3-7-27(45)42-26(33(48)49)6-5-17-41-34(39)40/h9-10,19-20,23-26,30-32,50H,3-8,11-18H2,1-2H3,(H,42,45)(H,48,49)(H4,39,40,41)/t23-,24-,25+,26-,30-,31+,32+,35+,36-,37-,38+/m0/s1. The number of esters is 2. The average Bonchev–Trinajstić information content (AvgIpc) is 3.81. The van der Waals surface area contributed by atoms with Gasteiger partial charge in [-0.15, -0.1) is 0 Å². The monoisotopic (exact) mass is 756 g/mol. The number of aliphatic hydroxyl groups is 1. The molecule has 0 aromatic carbocycles. The molecule has 4 aliphatic carbocycles. The molecule has 0 bridgehead atoms. The smallest absolute Gasteiger partial charge is 0.335 e.